The summed E-state index contributed by atoms with van der Waals surface area (Å²) in [6.07, 6.45) is 2.64. The second-order valence-electron chi connectivity index (χ2n) is 3.91. The Morgan fingerprint density at radius 2 is 2.06 bits per heavy atom. The minimum absolute atomic E-state index is 0.0503. The third kappa shape index (κ3) is 2.69. The molecule has 0 bridgehead atoms. The van der Waals surface area contributed by atoms with Crippen molar-refractivity contribution in [3.05, 3.63) is 41.7 Å². The Kier molecular flexibility index (Phi) is 3.18. The minimum atomic E-state index is 0.0503. The van der Waals surface area contributed by atoms with E-state index in [0.29, 0.717) is 18.5 Å². The van der Waals surface area contributed by atoms with E-state index in [4.69, 9.17) is 5.73 Å². The standard InChI is InChI=1S/C12H14N4O/c1-16-11(8-14-15-16)12(17)7-4-9-2-5-10(13)6-3-9/h2-3,5-6,8H,4,7,13H2,1H3. The highest BCUT2D eigenvalue weighted by Crippen LogP contribution is 2.09. The van der Waals surface area contributed by atoms with Gasteiger partial charge in [0.1, 0.15) is 5.69 Å². The molecule has 0 radical (unpaired) electrons. The van der Waals surface area contributed by atoms with Crippen molar-refractivity contribution >= 4 is 11.5 Å². The van der Waals surface area contributed by atoms with Crippen LogP contribution in [0.1, 0.15) is 22.5 Å². The molecule has 17 heavy (non-hydrogen) atoms. The average Bonchev–Trinajstić information content (AvgIpc) is 2.74. The first kappa shape index (κ1) is 11.3. The summed E-state index contributed by atoms with van der Waals surface area (Å²) in [5.41, 5.74) is 7.97. The molecule has 0 unspecified atom stereocenters. The van der Waals surface area contributed by atoms with Gasteiger partial charge in [-0.2, -0.15) is 0 Å². The molecule has 0 saturated carbocycles. The molecular formula is C12H14N4O. The molecule has 0 aliphatic rings. The number of hydrogen-bond acceptors (Lipinski definition) is 4. The molecule has 1 aromatic heterocycles. The Hall–Kier alpha value is -2.17. The van der Waals surface area contributed by atoms with E-state index < -0.39 is 0 Å². The number of rotatable bonds is 4. The molecule has 0 saturated heterocycles. The van der Waals surface area contributed by atoms with E-state index in [0.717, 1.165) is 11.3 Å². The van der Waals surface area contributed by atoms with Crippen molar-refractivity contribution in [3.8, 4) is 0 Å². The number of nitrogens with zero attached hydrogens (tertiary/aromatic N) is 3. The molecule has 0 spiro atoms. The number of carbonyl (C=O) groups is 1. The van der Waals surface area contributed by atoms with E-state index in [-0.39, 0.29) is 5.78 Å². The number of hydrogen-bond donors (Lipinski definition) is 1. The van der Waals surface area contributed by atoms with Crippen molar-refractivity contribution in [2.24, 2.45) is 7.05 Å². The van der Waals surface area contributed by atoms with Crippen LogP contribution in [0.5, 0.6) is 0 Å². The predicted octanol–water partition coefficient (Wildman–Crippen LogP) is 1.21. The van der Waals surface area contributed by atoms with Gasteiger partial charge >= 0.3 is 0 Å². The van der Waals surface area contributed by atoms with Gasteiger partial charge in [0, 0.05) is 19.2 Å². The lowest BCUT2D eigenvalue weighted by molar-refractivity contribution is 0.0974. The molecule has 1 heterocycles. The topological polar surface area (TPSA) is 73.8 Å². The Bertz CT molecular complexity index is 516. The molecule has 2 N–H and O–H groups in total. The third-order valence-corrected chi connectivity index (χ3v) is 2.62. The van der Waals surface area contributed by atoms with Crippen molar-refractivity contribution in [2.75, 3.05) is 5.73 Å². The lowest BCUT2D eigenvalue weighted by Gasteiger charge is -2.02. The van der Waals surface area contributed by atoms with Crippen molar-refractivity contribution in [1.29, 1.82) is 0 Å². The summed E-state index contributed by atoms with van der Waals surface area (Å²) in [5.74, 6) is 0.0503. The second kappa shape index (κ2) is 4.78. The summed E-state index contributed by atoms with van der Waals surface area (Å²) in [6.45, 7) is 0. The predicted molar refractivity (Wildman–Crippen MR) is 64.5 cm³/mol. The van der Waals surface area contributed by atoms with E-state index in [2.05, 4.69) is 10.3 Å². The smallest absolute Gasteiger partial charge is 0.182 e. The van der Waals surface area contributed by atoms with Crippen molar-refractivity contribution in [3.63, 3.8) is 0 Å². The summed E-state index contributed by atoms with van der Waals surface area (Å²) in [6, 6.07) is 7.55. The highest BCUT2D eigenvalue weighted by molar-refractivity contribution is 5.94. The van der Waals surface area contributed by atoms with Crippen LogP contribution in [0, 0.1) is 0 Å². The van der Waals surface area contributed by atoms with E-state index in [1.807, 2.05) is 24.3 Å². The molecule has 88 valence electrons. The van der Waals surface area contributed by atoms with Crippen molar-refractivity contribution in [1.82, 2.24) is 15.0 Å². The molecule has 0 fully saturated rings. The molecule has 0 atom stereocenters. The van der Waals surface area contributed by atoms with Gasteiger partial charge in [-0.1, -0.05) is 17.3 Å². The van der Waals surface area contributed by atoms with Gasteiger partial charge in [-0.3, -0.25) is 4.79 Å². The molecule has 2 rings (SSSR count). The van der Waals surface area contributed by atoms with Crippen LogP contribution < -0.4 is 5.73 Å². The van der Waals surface area contributed by atoms with E-state index in [1.165, 1.54) is 10.9 Å². The lowest BCUT2D eigenvalue weighted by atomic mass is 10.1. The summed E-state index contributed by atoms with van der Waals surface area (Å²) in [7, 11) is 1.71. The number of ketones is 1. The molecule has 0 aliphatic carbocycles. The Balaban J connectivity index is 1.97. The molecular weight excluding hydrogens is 216 g/mol. The van der Waals surface area contributed by atoms with Gasteiger partial charge in [0.05, 0.1) is 6.20 Å². The number of aryl methyl sites for hydroxylation is 2. The van der Waals surface area contributed by atoms with E-state index in [9.17, 15) is 4.79 Å². The van der Waals surface area contributed by atoms with Crippen LogP contribution in [0.2, 0.25) is 0 Å². The zero-order valence-electron chi connectivity index (χ0n) is 9.63. The normalized spacial score (nSPS) is 10.4. The zero-order chi connectivity index (χ0) is 12.3. The number of aromatic nitrogens is 3. The Morgan fingerprint density at radius 1 is 1.35 bits per heavy atom. The molecule has 0 amide bonds. The van der Waals surface area contributed by atoms with Crippen LogP contribution in [-0.2, 0) is 13.5 Å². The maximum Gasteiger partial charge on any atom is 0.182 e. The first-order valence-electron chi connectivity index (χ1n) is 5.39. The average molecular weight is 230 g/mol. The molecule has 5 nitrogen and oxygen atoms in total. The van der Waals surface area contributed by atoms with Gasteiger partial charge in [0.2, 0.25) is 0 Å². The van der Waals surface area contributed by atoms with Gasteiger partial charge in [-0.25, -0.2) is 4.68 Å². The number of nitrogens with two attached hydrogens (primary N) is 1. The fourth-order valence-electron chi connectivity index (χ4n) is 1.61. The van der Waals surface area contributed by atoms with Crippen LogP contribution in [-0.4, -0.2) is 20.8 Å². The fraction of sp³-hybridized carbons (Fsp3) is 0.250. The van der Waals surface area contributed by atoms with Crippen molar-refractivity contribution < 1.29 is 4.79 Å². The van der Waals surface area contributed by atoms with E-state index in [1.54, 1.807) is 7.05 Å². The quantitative estimate of drug-likeness (QED) is 0.633. The first-order chi connectivity index (χ1) is 8.16. The van der Waals surface area contributed by atoms with Crippen LogP contribution >= 0.6 is 0 Å². The third-order valence-electron chi connectivity index (χ3n) is 2.62. The highest BCUT2D eigenvalue weighted by Gasteiger charge is 2.10. The van der Waals surface area contributed by atoms with Crippen LogP contribution in [0.25, 0.3) is 0 Å². The summed E-state index contributed by atoms with van der Waals surface area (Å²) < 4.78 is 1.49. The summed E-state index contributed by atoms with van der Waals surface area (Å²) in [4.78, 5) is 11.8. The maximum absolute atomic E-state index is 11.8. The van der Waals surface area contributed by atoms with Gasteiger partial charge in [-0.05, 0) is 24.1 Å². The van der Waals surface area contributed by atoms with Crippen molar-refractivity contribution in [2.45, 2.75) is 12.8 Å². The number of benzene rings is 1. The van der Waals surface area contributed by atoms with Gasteiger partial charge in [-0.15, -0.1) is 5.10 Å². The second-order valence-corrected chi connectivity index (χ2v) is 3.91. The minimum Gasteiger partial charge on any atom is -0.399 e. The number of anilines is 1. The van der Waals surface area contributed by atoms with Gasteiger partial charge < -0.3 is 5.73 Å². The molecule has 0 aliphatic heterocycles. The summed E-state index contributed by atoms with van der Waals surface area (Å²) in [5, 5.41) is 7.42. The van der Waals surface area contributed by atoms with E-state index >= 15 is 0 Å². The SMILES string of the molecule is Cn1nncc1C(=O)CCc1ccc(N)cc1. The maximum atomic E-state index is 11.8. The number of nitrogen functional groups attached to an aromatic ring is 1. The lowest BCUT2D eigenvalue weighted by Crippen LogP contribution is -2.07. The molecule has 5 heteroatoms. The zero-order valence-corrected chi connectivity index (χ0v) is 9.63. The highest BCUT2D eigenvalue weighted by atomic mass is 16.1. The van der Waals surface area contributed by atoms with Crippen LogP contribution in [0.15, 0.2) is 30.5 Å². The van der Waals surface area contributed by atoms with Gasteiger partial charge in [0.25, 0.3) is 0 Å². The largest absolute Gasteiger partial charge is 0.399 e. The number of carbonyl (C=O) groups excluding carboxylic acids is 1. The fourth-order valence-corrected chi connectivity index (χ4v) is 1.61. The first-order valence-corrected chi connectivity index (χ1v) is 5.39. The summed E-state index contributed by atoms with van der Waals surface area (Å²) >= 11 is 0. The Morgan fingerprint density at radius 3 is 2.65 bits per heavy atom. The molecule has 1 aromatic carbocycles. The monoisotopic (exact) mass is 230 g/mol. The molecule has 2 aromatic rings. The Labute approximate surface area is 99.2 Å². The van der Waals surface area contributed by atoms with Crippen LogP contribution in [0.4, 0.5) is 5.69 Å². The number of Topliss-reactive ketones (excluding diaryl/α,β-unsaturated/α-hetero) is 1. The van der Waals surface area contributed by atoms with Gasteiger partial charge in [0.15, 0.2) is 5.78 Å². The van der Waals surface area contributed by atoms with Crippen LogP contribution in [0.3, 0.4) is 0 Å².